The monoisotopic (exact) mass is 1120 g/mol. The Balaban J connectivity index is 4.23. The van der Waals surface area contributed by atoms with Crippen molar-refractivity contribution in [3.05, 3.63) is 48.6 Å². The third kappa shape index (κ3) is 66.2. The summed E-state index contributed by atoms with van der Waals surface area (Å²) in [6.07, 6.45) is 87.1. The van der Waals surface area contributed by atoms with Gasteiger partial charge in [0.1, 0.15) is 13.2 Å². The molecule has 0 amide bonds. The Labute approximate surface area is 498 Å². The van der Waals surface area contributed by atoms with Crippen molar-refractivity contribution < 1.29 is 28.6 Å². The number of carbonyl (C=O) groups is 3. The first-order valence-electron chi connectivity index (χ1n) is 35.6. The number of unbranched alkanes of at least 4 members (excludes halogenated alkanes) is 47. The van der Waals surface area contributed by atoms with Crippen molar-refractivity contribution in [1.29, 1.82) is 0 Å². The number of ether oxygens (including phenoxy) is 3. The molecule has 0 aromatic rings. The number of hydrogen-bond acceptors (Lipinski definition) is 6. The smallest absolute Gasteiger partial charge is 0.306 e. The van der Waals surface area contributed by atoms with E-state index >= 15 is 0 Å². The van der Waals surface area contributed by atoms with E-state index in [0.29, 0.717) is 19.3 Å². The normalized spacial score (nSPS) is 12.3. The highest BCUT2D eigenvalue weighted by molar-refractivity contribution is 5.71. The van der Waals surface area contributed by atoms with Gasteiger partial charge in [0.15, 0.2) is 6.10 Å². The summed E-state index contributed by atoms with van der Waals surface area (Å²) in [5.74, 6) is -0.848. The standard InChI is InChI=1S/C74H136O6/c1-4-7-10-13-16-19-22-25-27-29-31-33-35-37-39-41-43-45-47-49-52-55-58-61-64-67-73(76)79-70-71(69-78-72(75)66-63-60-57-54-51-24-21-18-15-12-9-6-3)80-74(77)68-65-62-59-56-53-50-48-46-44-42-40-38-36-34-32-30-28-26-23-20-17-14-11-8-5-2/h22,25,29-32,35,37,71H,4-21,23-24,26-28,33-34,36,38-70H2,1-3H3/b25-22-,31-29-,32-30-,37-35-. The summed E-state index contributed by atoms with van der Waals surface area (Å²) in [7, 11) is 0. The summed E-state index contributed by atoms with van der Waals surface area (Å²) in [5.41, 5.74) is 0. The SMILES string of the molecule is CCCCCCC/C=C\C/C=C\C/C=C\CCCCCCCCCCCCC(=O)OCC(COC(=O)CCCCCCCCCCCCCC)OC(=O)CCCCCCCCCCCCCCC/C=C\CCCCCCCCCC. The second kappa shape index (κ2) is 68.9. The van der Waals surface area contributed by atoms with Crippen LogP contribution in [0.25, 0.3) is 0 Å². The van der Waals surface area contributed by atoms with Gasteiger partial charge in [-0.25, -0.2) is 0 Å². The molecule has 0 fully saturated rings. The number of hydrogen-bond donors (Lipinski definition) is 0. The molecular weight excluding hydrogens is 985 g/mol. The molecule has 0 aromatic heterocycles. The molecule has 1 atom stereocenters. The van der Waals surface area contributed by atoms with Gasteiger partial charge in [-0.15, -0.1) is 0 Å². The number of rotatable bonds is 66. The van der Waals surface area contributed by atoms with Crippen LogP contribution >= 0.6 is 0 Å². The first-order chi connectivity index (χ1) is 39.5. The van der Waals surface area contributed by atoms with Gasteiger partial charge in [-0.05, 0) is 83.5 Å². The first-order valence-corrected chi connectivity index (χ1v) is 35.6. The van der Waals surface area contributed by atoms with Gasteiger partial charge in [0.05, 0.1) is 0 Å². The van der Waals surface area contributed by atoms with Crippen molar-refractivity contribution in [2.75, 3.05) is 13.2 Å². The Morgan fingerprint density at radius 2 is 0.450 bits per heavy atom. The molecule has 0 spiro atoms. The van der Waals surface area contributed by atoms with E-state index in [1.807, 2.05) is 0 Å². The predicted molar refractivity (Wildman–Crippen MR) is 349 cm³/mol. The molecule has 0 bridgehead atoms. The van der Waals surface area contributed by atoms with E-state index < -0.39 is 6.10 Å². The Kier molecular flexibility index (Phi) is 66.6. The maximum Gasteiger partial charge on any atom is 0.306 e. The Hall–Kier alpha value is -2.63. The number of esters is 3. The quantitative estimate of drug-likeness (QED) is 0.0261. The molecule has 80 heavy (non-hydrogen) atoms. The molecular formula is C74H136O6. The van der Waals surface area contributed by atoms with E-state index in [0.717, 1.165) is 70.6 Å². The molecule has 0 heterocycles. The van der Waals surface area contributed by atoms with Crippen LogP contribution in [0, 0.1) is 0 Å². The van der Waals surface area contributed by atoms with E-state index in [1.165, 1.54) is 276 Å². The van der Waals surface area contributed by atoms with E-state index in [-0.39, 0.29) is 31.1 Å². The van der Waals surface area contributed by atoms with Crippen LogP contribution in [0.5, 0.6) is 0 Å². The van der Waals surface area contributed by atoms with Gasteiger partial charge in [-0.2, -0.15) is 0 Å². The average molecular weight is 1120 g/mol. The van der Waals surface area contributed by atoms with Crippen molar-refractivity contribution in [2.45, 2.75) is 393 Å². The fourth-order valence-electron chi connectivity index (χ4n) is 10.7. The largest absolute Gasteiger partial charge is 0.462 e. The highest BCUT2D eigenvalue weighted by Gasteiger charge is 2.19. The van der Waals surface area contributed by atoms with Gasteiger partial charge in [0.2, 0.25) is 0 Å². The van der Waals surface area contributed by atoms with Gasteiger partial charge in [-0.1, -0.05) is 333 Å². The van der Waals surface area contributed by atoms with Gasteiger partial charge >= 0.3 is 17.9 Å². The second-order valence-electron chi connectivity index (χ2n) is 24.1. The molecule has 0 saturated carbocycles. The molecule has 0 aromatic carbocycles. The molecule has 0 N–H and O–H groups in total. The van der Waals surface area contributed by atoms with Crippen molar-refractivity contribution >= 4 is 17.9 Å². The lowest BCUT2D eigenvalue weighted by atomic mass is 10.0. The number of carbonyl (C=O) groups excluding carboxylic acids is 3. The second-order valence-corrected chi connectivity index (χ2v) is 24.1. The number of allylic oxidation sites excluding steroid dienone is 8. The maximum atomic E-state index is 13.0. The molecule has 0 aliphatic rings. The van der Waals surface area contributed by atoms with Crippen molar-refractivity contribution in [2.24, 2.45) is 0 Å². The zero-order chi connectivity index (χ0) is 57.8. The van der Waals surface area contributed by atoms with Crippen LogP contribution in [0.1, 0.15) is 387 Å². The Morgan fingerprint density at radius 3 is 0.713 bits per heavy atom. The third-order valence-electron chi connectivity index (χ3n) is 16.1. The van der Waals surface area contributed by atoms with E-state index in [2.05, 4.69) is 69.4 Å². The summed E-state index contributed by atoms with van der Waals surface area (Å²) < 4.78 is 17.0. The molecule has 0 aliphatic heterocycles. The molecule has 0 radical (unpaired) electrons. The fraction of sp³-hybridized carbons (Fsp3) is 0.851. The van der Waals surface area contributed by atoms with E-state index in [9.17, 15) is 14.4 Å². The summed E-state index contributed by atoms with van der Waals surface area (Å²) in [6, 6.07) is 0. The minimum Gasteiger partial charge on any atom is -0.462 e. The van der Waals surface area contributed by atoms with Crippen LogP contribution in [0.2, 0.25) is 0 Å². The van der Waals surface area contributed by atoms with Crippen LogP contribution in [0.4, 0.5) is 0 Å². The highest BCUT2D eigenvalue weighted by atomic mass is 16.6. The molecule has 0 rings (SSSR count). The van der Waals surface area contributed by atoms with Crippen LogP contribution < -0.4 is 0 Å². The lowest BCUT2D eigenvalue weighted by Crippen LogP contribution is -2.30. The topological polar surface area (TPSA) is 78.9 Å². The van der Waals surface area contributed by atoms with Crippen LogP contribution in [0.15, 0.2) is 48.6 Å². The molecule has 6 heteroatoms. The third-order valence-corrected chi connectivity index (χ3v) is 16.1. The Morgan fingerprint density at radius 1 is 0.250 bits per heavy atom. The highest BCUT2D eigenvalue weighted by Crippen LogP contribution is 2.18. The van der Waals surface area contributed by atoms with Crippen LogP contribution in [-0.4, -0.2) is 37.2 Å². The van der Waals surface area contributed by atoms with E-state index in [1.54, 1.807) is 0 Å². The molecule has 0 aliphatic carbocycles. The Bertz CT molecular complexity index is 1380. The summed E-state index contributed by atoms with van der Waals surface area (Å²) in [5, 5.41) is 0. The molecule has 6 nitrogen and oxygen atoms in total. The van der Waals surface area contributed by atoms with Crippen molar-refractivity contribution in [3.63, 3.8) is 0 Å². The fourth-order valence-corrected chi connectivity index (χ4v) is 10.7. The predicted octanol–water partition coefficient (Wildman–Crippen LogP) is 24.5. The van der Waals surface area contributed by atoms with Crippen molar-refractivity contribution in [1.82, 2.24) is 0 Å². The molecule has 468 valence electrons. The summed E-state index contributed by atoms with van der Waals surface area (Å²) >= 11 is 0. The molecule has 1 unspecified atom stereocenters. The summed E-state index contributed by atoms with van der Waals surface area (Å²) in [6.45, 7) is 6.69. The van der Waals surface area contributed by atoms with Gasteiger partial charge in [0.25, 0.3) is 0 Å². The van der Waals surface area contributed by atoms with Gasteiger partial charge in [-0.3, -0.25) is 14.4 Å². The van der Waals surface area contributed by atoms with Crippen LogP contribution in [-0.2, 0) is 28.6 Å². The lowest BCUT2D eigenvalue weighted by molar-refractivity contribution is -0.167. The van der Waals surface area contributed by atoms with Gasteiger partial charge in [0, 0.05) is 19.3 Å². The minimum absolute atomic E-state index is 0.0696. The first kappa shape index (κ1) is 77.4. The van der Waals surface area contributed by atoms with E-state index in [4.69, 9.17) is 14.2 Å². The average Bonchev–Trinajstić information content (AvgIpc) is 3.46. The lowest BCUT2D eigenvalue weighted by Gasteiger charge is -2.18. The van der Waals surface area contributed by atoms with Crippen molar-refractivity contribution in [3.8, 4) is 0 Å². The zero-order valence-electron chi connectivity index (χ0n) is 53.9. The molecule has 0 saturated heterocycles. The zero-order valence-corrected chi connectivity index (χ0v) is 53.9. The van der Waals surface area contributed by atoms with Crippen LogP contribution in [0.3, 0.4) is 0 Å². The van der Waals surface area contributed by atoms with Gasteiger partial charge < -0.3 is 14.2 Å². The summed E-state index contributed by atoms with van der Waals surface area (Å²) in [4.78, 5) is 38.4. The minimum atomic E-state index is -0.773. The maximum absolute atomic E-state index is 13.0.